The zero-order valence-corrected chi connectivity index (χ0v) is 11.4. The second kappa shape index (κ2) is 5.61. The van der Waals surface area contributed by atoms with E-state index in [-0.39, 0.29) is 0 Å². The van der Waals surface area contributed by atoms with E-state index in [1.165, 1.54) is 4.88 Å². The van der Waals surface area contributed by atoms with Crippen LogP contribution in [0, 0.1) is 0 Å². The molecule has 0 aliphatic carbocycles. The molecule has 0 aliphatic rings. The third kappa shape index (κ3) is 3.17. The first-order valence-corrected chi connectivity index (χ1v) is 6.69. The Morgan fingerprint density at radius 1 is 1.31 bits per heavy atom. The summed E-state index contributed by atoms with van der Waals surface area (Å²) < 4.78 is 1.15. The first-order valence-electron chi connectivity index (χ1n) is 4.70. The lowest BCUT2D eigenvalue weighted by Crippen LogP contribution is -2.06. The summed E-state index contributed by atoms with van der Waals surface area (Å²) in [7, 11) is 0. The molecule has 0 atom stereocenters. The van der Waals surface area contributed by atoms with Crippen molar-refractivity contribution >= 4 is 44.7 Å². The van der Waals surface area contributed by atoms with Gasteiger partial charge in [0.1, 0.15) is 0 Å². The van der Waals surface area contributed by atoms with Crippen molar-refractivity contribution in [2.45, 2.75) is 6.42 Å². The number of rotatable bonds is 4. The average molecular weight is 319 g/mol. The summed E-state index contributed by atoms with van der Waals surface area (Å²) in [5.74, 6) is 0.639. The minimum Gasteiger partial charge on any atom is -0.367 e. The standard InChI is InChI=1S/C10H9BrClN3S/c11-8-2-1-7(16-8)3-4-14-10-9(12)13-5-6-15-10/h1-2,5-6H,3-4H2,(H,14,15). The molecule has 2 aromatic rings. The third-order valence-electron chi connectivity index (χ3n) is 1.95. The van der Waals surface area contributed by atoms with Crippen LogP contribution in [0.15, 0.2) is 28.3 Å². The summed E-state index contributed by atoms with van der Waals surface area (Å²) in [5, 5.41) is 3.57. The van der Waals surface area contributed by atoms with E-state index in [1.807, 2.05) is 0 Å². The highest BCUT2D eigenvalue weighted by Gasteiger charge is 2.01. The van der Waals surface area contributed by atoms with Crippen LogP contribution in [-0.4, -0.2) is 16.5 Å². The van der Waals surface area contributed by atoms with Crippen LogP contribution in [0.25, 0.3) is 0 Å². The summed E-state index contributed by atoms with van der Waals surface area (Å²) >= 11 is 11.0. The zero-order chi connectivity index (χ0) is 11.4. The summed E-state index contributed by atoms with van der Waals surface area (Å²) in [5.41, 5.74) is 0. The van der Waals surface area contributed by atoms with Crippen LogP contribution in [0.4, 0.5) is 5.82 Å². The Balaban J connectivity index is 1.87. The number of aromatic nitrogens is 2. The molecule has 84 valence electrons. The number of hydrogen-bond donors (Lipinski definition) is 1. The van der Waals surface area contributed by atoms with Gasteiger partial charge >= 0.3 is 0 Å². The fourth-order valence-electron chi connectivity index (χ4n) is 1.23. The average Bonchev–Trinajstić information content (AvgIpc) is 2.67. The maximum Gasteiger partial charge on any atom is 0.171 e. The number of nitrogens with zero attached hydrogens (tertiary/aromatic N) is 2. The van der Waals surface area contributed by atoms with Gasteiger partial charge in [0.2, 0.25) is 0 Å². The van der Waals surface area contributed by atoms with Gasteiger partial charge in [0.25, 0.3) is 0 Å². The highest BCUT2D eigenvalue weighted by molar-refractivity contribution is 9.11. The first-order chi connectivity index (χ1) is 7.75. The zero-order valence-electron chi connectivity index (χ0n) is 8.28. The number of hydrogen-bond acceptors (Lipinski definition) is 4. The molecule has 0 saturated heterocycles. The monoisotopic (exact) mass is 317 g/mol. The molecule has 0 aliphatic heterocycles. The van der Waals surface area contributed by atoms with Gasteiger partial charge in [-0.05, 0) is 34.5 Å². The van der Waals surface area contributed by atoms with Gasteiger partial charge in [-0.2, -0.15) is 0 Å². The van der Waals surface area contributed by atoms with Crippen molar-refractivity contribution in [3.8, 4) is 0 Å². The molecule has 0 saturated carbocycles. The first kappa shape index (κ1) is 11.8. The predicted molar refractivity (Wildman–Crippen MR) is 71.3 cm³/mol. The number of nitrogens with one attached hydrogen (secondary N) is 1. The predicted octanol–water partition coefficient (Wildman–Crippen LogP) is 3.61. The van der Waals surface area contributed by atoms with Gasteiger partial charge in [-0.1, -0.05) is 11.6 Å². The molecule has 6 heteroatoms. The van der Waals surface area contributed by atoms with Crippen LogP contribution in [0.5, 0.6) is 0 Å². The number of anilines is 1. The molecule has 0 fully saturated rings. The fraction of sp³-hybridized carbons (Fsp3) is 0.200. The van der Waals surface area contributed by atoms with Crippen LogP contribution in [0.2, 0.25) is 5.15 Å². The van der Waals surface area contributed by atoms with Gasteiger partial charge in [0.05, 0.1) is 3.79 Å². The maximum atomic E-state index is 5.87. The van der Waals surface area contributed by atoms with E-state index in [2.05, 4.69) is 43.3 Å². The molecule has 0 unspecified atom stereocenters. The van der Waals surface area contributed by atoms with Crippen molar-refractivity contribution in [2.75, 3.05) is 11.9 Å². The van der Waals surface area contributed by atoms with Gasteiger partial charge in [-0.15, -0.1) is 11.3 Å². The van der Waals surface area contributed by atoms with Crippen LogP contribution in [-0.2, 0) is 6.42 Å². The Hall–Kier alpha value is -0.650. The van der Waals surface area contributed by atoms with Crippen molar-refractivity contribution < 1.29 is 0 Å². The second-order valence-electron chi connectivity index (χ2n) is 3.08. The lowest BCUT2D eigenvalue weighted by atomic mass is 10.3. The molecule has 0 amide bonds. The Bertz CT molecular complexity index is 475. The summed E-state index contributed by atoms with van der Waals surface area (Å²) in [6.45, 7) is 0.797. The van der Waals surface area contributed by atoms with Gasteiger partial charge in [0, 0.05) is 23.8 Å². The Kier molecular flexibility index (Phi) is 4.15. The van der Waals surface area contributed by atoms with E-state index in [0.29, 0.717) is 11.0 Å². The quantitative estimate of drug-likeness (QED) is 0.936. The molecule has 3 nitrogen and oxygen atoms in total. The molecular weight excluding hydrogens is 310 g/mol. The van der Waals surface area contributed by atoms with Crippen LogP contribution in [0.1, 0.15) is 4.88 Å². The Morgan fingerprint density at radius 3 is 2.81 bits per heavy atom. The van der Waals surface area contributed by atoms with Gasteiger partial charge < -0.3 is 5.32 Å². The molecule has 0 spiro atoms. The van der Waals surface area contributed by atoms with Gasteiger partial charge in [-0.25, -0.2) is 9.97 Å². The largest absolute Gasteiger partial charge is 0.367 e. The Labute approximate surface area is 111 Å². The van der Waals surface area contributed by atoms with E-state index >= 15 is 0 Å². The van der Waals surface area contributed by atoms with Gasteiger partial charge in [-0.3, -0.25) is 0 Å². The van der Waals surface area contributed by atoms with Crippen molar-refractivity contribution in [3.05, 3.63) is 38.3 Å². The van der Waals surface area contributed by atoms with E-state index < -0.39 is 0 Å². The lowest BCUT2D eigenvalue weighted by molar-refractivity contribution is 1.02. The Morgan fingerprint density at radius 2 is 2.12 bits per heavy atom. The molecule has 0 aromatic carbocycles. The molecule has 0 bridgehead atoms. The molecule has 2 heterocycles. The smallest absolute Gasteiger partial charge is 0.171 e. The van der Waals surface area contributed by atoms with E-state index in [1.54, 1.807) is 23.7 Å². The molecule has 2 aromatic heterocycles. The lowest BCUT2D eigenvalue weighted by Gasteiger charge is -2.04. The summed E-state index contributed by atoms with van der Waals surface area (Å²) in [6, 6.07) is 4.16. The summed E-state index contributed by atoms with van der Waals surface area (Å²) in [6.07, 6.45) is 4.14. The van der Waals surface area contributed by atoms with E-state index in [9.17, 15) is 0 Å². The second-order valence-corrected chi connectivity index (χ2v) is 5.98. The topological polar surface area (TPSA) is 37.8 Å². The van der Waals surface area contributed by atoms with Crippen LogP contribution >= 0.6 is 38.9 Å². The van der Waals surface area contributed by atoms with Gasteiger partial charge in [0.15, 0.2) is 11.0 Å². The minimum absolute atomic E-state index is 0.412. The molecule has 2 rings (SSSR count). The third-order valence-corrected chi connectivity index (χ3v) is 3.91. The van der Waals surface area contributed by atoms with E-state index in [0.717, 1.165) is 16.8 Å². The molecular formula is C10H9BrClN3S. The minimum atomic E-state index is 0.412. The van der Waals surface area contributed by atoms with Crippen molar-refractivity contribution in [1.29, 1.82) is 0 Å². The normalized spacial score (nSPS) is 10.4. The maximum absolute atomic E-state index is 5.87. The van der Waals surface area contributed by atoms with Crippen molar-refractivity contribution in [2.24, 2.45) is 0 Å². The van der Waals surface area contributed by atoms with Crippen LogP contribution < -0.4 is 5.32 Å². The molecule has 16 heavy (non-hydrogen) atoms. The van der Waals surface area contributed by atoms with Crippen LogP contribution in [0.3, 0.4) is 0 Å². The SMILES string of the molecule is Clc1nccnc1NCCc1ccc(Br)s1. The highest BCUT2D eigenvalue weighted by Crippen LogP contribution is 2.22. The summed E-state index contributed by atoms with van der Waals surface area (Å²) in [4.78, 5) is 9.37. The molecule has 1 N–H and O–H groups in total. The number of thiophene rings is 1. The number of halogens is 2. The van der Waals surface area contributed by atoms with Crippen molar-refractivity contribution in [1.82, 2.24) is 9.97 Å². The van der Waals surface area contributed by atoms with E-state index in [4.69, 9.17) is 11.6 Å². The molecule has 0 radical (unpaired) electrons. The fourth-order valence-corrected chi connectivity index (χ4v) is 2.88. The van der Waals surface area contributed by atoms with Crippen molar-refractivity contribution in [3.63, 3.8) is 0 Å². The highest BCUT2D eigenvalue weighted by atomic mass is 79.9.